The van der Waals surface area contributed by atoms with Gasteiger partial charge in [-0.1, -0.05) is 13.3 Å². The van der Waals surface area contributed by atoms with Crippen molar-refractivity contribution in [3.63, 3.8) is 0 Å². The van der Waals surface area contributed by atoms with Gasteiger partial charge in [0.05, 0.1) is 0 Å². The first-order chi connectivity index (χ1) is 4.95. The van der Waals surface area contributed by atoms with E-state index < -0.39 is 16.4 Å². The molecule has 1 radical (unpaired) electrons. The minimum atomic E-state index is -4.37. The molecule has 0 aromatic rings. The summed E-state index contributed by atoms with van der Waals surface area (Å²) in [7, 11) is -4.37. The van der Waals surface area contributed by atoms with E-state index in [1.807, 2.05) is 6.92 Å². The third-order valence-corrected chi connectivity index (χ3v) is 1.33. The third-order valence-electron chi connectivity index (χ3n) is 0.974. The molecule has 0 spiro atoms. The van der Waals surface area contributed by atoms with Gasteiger partial charge in [-0.15, -0.1) is 0 Å². The second-order valence-electron chi connectivity index (χ2n) is 2.11. The minimum Gasteiger partial charge on any atom is -0.325 e. The molecule has 0 aliphatic heterocycles. The van der Waals surface area contributed by atoms with E-state index in [-0.39, 0.29) is 0 Å². The van der Waals surface area contributed by atoms with E-state index >= 15 is 0 Å². The smallest absolute Gasteiger partial charge is 0.325 e. The van der Waals surface area contributed by atoms with Crippen LogP contribution in [0.3, 0.4) is 0 Å². The van der Waals surface area contributed by atoms with Gasteiger partial charge < -0.3 is 5.73 Å². The van der Waals surface area contributed by atoms with Crippen LogP contribution in [0.25, 0.3) is 0 Å². The summed E-state index contributed by atoms with van der Waals surface area (Å²) in [6.45, 7) is 2.81. The second kappa shape index (κ2) is 4.66. The zero-order valence-corrected chi connectivity index (χ0v) is 7.04. The summed E-state index contributed by atoms with van der Waals surface area (Å²) in [6, 6.07) is -0.457. The molecule has 0 aliphatic carbocycles. The molecule has 0 bridgehead atoms. The molecule has 3 N–H and O–H groups in total. The Morgan fingerprint density at radius 2 is 2.27 bits per heavy atom. The van der Waals surface area contributed by atoms with Gasteiger partial charge in [0.2, 0.25) is 0 Å². The van der Waals surface area contributed by atoms with Crippen molar-refractivity contribution in [1.29, 1.82) is 0 Å². The Balaban J connectivity index is 3.54. The normalized spacial score (nSPS) is 14.8. The average Bonchev–Trinajstić information content (AvgIpc) is 1.83. The lowest BCUT2D eigenvalue weighted by Crippen LogP contribution is -2.22. The summed E-state index contributed by atoms with van der Waals surface area (Å²) >= 11 is 0. The first-order valence-corrected chi connectivity index (χ1v) is 4.57. The van der Waals surface area contributed by atoms with Crippen LogP contribution in [0.1, 0.15) is 19.8 Å². The summed E-state index contributed by atoms with van der Waals surface area (Å²) in [5, 5.41) is 0. The summed E-state index contributed by atoms with van der Waals surface area (Å²) in [5.74, 6) is 0. The Hall–Kier alpha value is -0.170. The Kier molecular flexibility index (Phi) is 4.58. The van der Waals surface area contributed by atoms with Crippen molar-refractivity contribution >= 4 is 10.4 Å². The Morgan fingerprint density at radius 3 is 2.64 bits per heavy atom. The molecule has 0 aromatic heterocycles. The fourth-order valence-electron chi connectivity index (χ4n) is 0.543. The van der Waals surface area contributed by atoms with E-state index in [2.05, 4.69) is 4.18 Å². The van der Waals surface area contributed by atoms with Crippen molar-refractivity contribution in [1.82, 2.24) is 0 Å². The maximum absolute atomic E-state index is 9.99. The van der Waals surface area contributed by atoms with Crippen molar-refractivity contribution in [2.45, 2.75) is 25.8 Å². The maximum atomic E-state index is 9.99. The molecule has 6 heteroatoms. The standard InChI is InChI=1S/C5H12NO4S/c1-2-3-5(6)4-10-11(7,8)9/h4-5H,2-3,6H2,1H3,(H,7,8,9). The summed E-state index contributed by atoms with van der Waals surface area (Å²) in [4.78, 5) is 0. The topological polar surface area (TPSA) is 89.6 Å². The average molecular weight is 182 g/mol. The van der Waals surface area contributed by atoms with Gasteiger partial charge in [-0.05, 0) is 6.42 Å². The van der Waals surface area contributed by atoms with Crippen molar-refractivity contribution < 1.29 is 17.2 Å². The Morgan fingerprint density at radius 1 is 1.73 bits per heavy atom. The van der Waals surface area contributed by atoms with Crippen LogP contribution in [-0.2, 0) is 14.6 Å². The van der Waals surface area contributed by atoms with Crippen LogP contribution in [0, 0.1) is 6.61 Å². The first kappa shape index (κ1) is 10.8. The van der Waals surface area contributed by atoms with E-state index in [1.54, 1.807) is 0 Å². The molecule has 0 heterocycles. The summed E-state index contributed by atoms with van der Waals surface area (Å²) < 4.78 is 32.0. The van der Waals surface area contributed by atoms with Gasteiger partial charge >= 0.3 is 10.4 Å². The molecular formula is C5H12NO4S. The minimum absolute atomic E-state index is 0.457. The molecule has 1 unspecified atom stereocenters. The Bertz CT molecular complexity index is 189. The lowest BCUT2D eigenvalue weighted by molar-refractivity contribution is 0.301. The molecule has 1 atom stereocenters. The largest absolute Gasteiger partial charge is 0.397 e. The van der Waals surface area contributed by atoms with Crippen LogP contribution in [-0.4, -0.2) is 19.0 Å². The quantitative estimate of drug-likeness (QED) is 0.588. The number of hydrogen-bond acceptors (Lipinski definition) is 4. The zero-order valence-electron chi connectivity index (χ0n) is 6.23. The van der Waals surface area contributed by atoms with E-state index in [1.165, 1.54) is 0 Å². The van der Waals surface area contributed by atoms with Crippen LogP contribution < -0.4 is 5.73 Å². The molecule has 67 valence electrons. The van der Waals surface area contributed by atoms with Gasteiger partial charge in [-0.2, -0.15) is 8.42 Å². The number of hydrogen-bond donors (Lipinski definition) is 2. The second-order valence-corrected chi connectivity index (χ2v) is 3.16. The number of rotatable bonds is 5. The van der Waals surface area contributed by atoms with Gasteiger partial charge in [0.25, 0.3) is 0 Å². The highest BCUT2D eigenvalue weighted by Gasteiger charge is 2.08. The maximum Gasteiger partial charge on any atom is 0.397 e. The molecule has 0 rings (SSSR count). The van der Waals surface area contributed by atoms with Crippen molar-refractivity contribution in [3.05, 3.63) is 6.61 Å². The van der Waals surface area contributed by atoms with Crippen LogP contribution in [0.5, 0.6) is 0 Å². The molecule has 11 heavy (non-hydrogen) atoms. The molecule has 5 nitrogen and oxygen atoms in total. The van der Waals surface area contributed by atoms with Gasteiger partial charge in [0, 0.05) is 6.04 Å². The third kappa shape index (κ3) is 7.73. The first-order valence-electron chi connectivity index (χ1n) is 3.20. The molecular weight excluding hydrogens is 170 g/mol. The molecule has 0 saturated heterocycles. The highest BCUT2D eigenvalue weighted by Crippen LogP contribution is 2.00. The summed E-state index contributed by atoms with van der Waals surface area (Å²) in [5.41, 5.74) is 5.34. The van der Waals surface area contributed by atoms with Crippen LogP contribution >= 0.6 is 0 Å². The van der Waals surface area contributed by atoms with Gasteiger partial charge in [0.15, 0.2) is 0 Å². The summed E-state index contributed by atoms with van der Waals surface area (Å²) in [6.07, 6.45) is 1.45. The van der Waals surface area contributed by atoms with E-state index in [0.717, 1.165) is 13.0 Å². The molecule has 0 amide bonds. The van der Waals surface area contributed by atoms with Gasteiger partial charge in [0.1, 0.15) is 6.61 Å². The predicted octanol–water partition coefficient (Wildman–Crippen LogP) is 0.0950. The van der Waals surface area contributed by atoms with Crippen molar-refractivity contribution in [2.24, 2.45) is 5.73 Å². The molecule has 0 saturated carbocycles. The fraction of sp³-hybridized carbons (Fsp3) is 0.800. The lowest BCUT2D eigenvalue weighted by Gasteiger charge is -2.06. The van der Waals surface area contributed by atoms with Crippen molar-refractivity contribution in [3.8, 4) is 0 Å². The predicted molar refractivity (Wildman–Crippen MR) is 39.8 cm³/mol. The lowest BCUT2D eigenvalue weighted by atomic mass is 10.2. The van der Waals surface area contributed by atoms with E-state index in [0.29, 0.717) is 6.42 Å². The highest BCUT2D eigenvalue weighted by molar-refractivity contribution is 7.80. The molecule has 0 aliphatic rings. The van der Waals surface area contributed by atoms with Crippen LogP contribution in [0.4, 0.5) is 0 Å². The van der Waals surface area contributed by atoms with Gasteiger partial charge in [-0.25, -0.2) is 4.18 Å². The van der Waals surface area contributed by atoms with Crippen LogP contribution in [0.2, 0.25) is 0 Å². The monoisotopic (exact) mass is 182 g/mol. The van der Waals surface area contributed by atoms with Gasteiger partial charge in [-0.3, -0.25) is 4.55 Å². The van der Waals surface area contributed by atoms with Crippen LogP contribution in [0.15, 0.2) is 0 Å². The SMILES string of the molecule is CCCC(N)[CH]OS(=O)(=O)O. The molecule has 0 fully saturated rings. The van der Waals surface area contributed by atoms with E-state index in [4.69, 9.17) is 10.3 Å². The van der Waals surface area contributed by atoms with E-state index in [9.17, 15) is 8.42 Å². The zero-order chi connectivity index (χ0) is 8.91. The molecule has 0 aromatic carbocycles. The highest BCUT2D eigenvalue weighted by atomic mass is 32.3. The fourth-order valence-corrected chi connectivity index (χ4v) is 0.826. The van der Waals surface area contributed by atoms with Crippen molar-refractivity contribution in [2.75, 3.05) is 0 Å². The number of nitrogens with two attached hydrogens (primary N) is 1. The Labute approximate surface area is 66.5 Å².